The highest BCUT2D eigenvalue weighted by Crippen LogP contribution is 2.41. The van der Waals surface area contributed by atoms with Crippen LogP contribution in [0.3, 0.4) is 0 Å². The maximum atomic E-state index is 16.6. The maximum absolute atomic E-state index is 16.6. The molecule has 4 nitrogen and oxygen atoms in total. The van der Waals surface area contributed by atoms with Crippen LogP contribution in [0.5, 0.6) is 17.2 Å². The fraction of sp³-hybridized carbons (Fsp3) is 0.490. The monoisotopic (exact) mass is 975 g/mol. The minimum Gasteiger partial charge on any atom is -0.489 e. The Morgan fingerprint density at radius 3 is 1.15 bits per heavy atom. The first-order valence-electron chi connectivity index (χ1n) is 23.5. The van der Waals surface area contributed by atoms with Crippen molar-refractivity contribution in [2.24, 2.45) is 0 Å². The van der Waals surface area contributed by atoms with Crippen molar-refractivity contribution in [3.8, 4) is 17.2 Å². The van der Waals surface area contributed by atoms with Gasteiger partial charge in [0.25, 0.3) is 0 Å². The van der Waals surface area contributed by atoms with E-state index in [0.717, 1.165) is 128 Å². The molecule has 0 spiro atoms. The summed E-state index contributed by atoms with van der Waals surface area (Å²) in [7, 11) is -2.37. The van der Waals surface area contributed by atoms with Crippen molar-refractivity contribution >= 4 is 7.32 Å². The highest BCUT2D eigenvalue weighted by Gasteiger charge is 2.42. The van der Waals surface area contributed by atoms with E-state index in [9.17, 15) is 39.5 Å². The fourth-order valence-electron chi connectivity index (χ4n) is 7.98. The van der Waals surface area contributed by atoms with Gasteiger partial charge in [0.1, 0.15) is 23.3 Å². The van der Waals surface area contributed by atoms with Gasteiger partial charge in [0.05, 0.1) is 31.0 Å². The topological polar surface area (TPSA) is 27.7 Å². The molecule has 0 amide bonds. The van der Waals surface area contributed by atoms with Crippen LogP contribution < -0.4 is 14.0 Å². The zero-order chi connectivity index (χ0) is 50.2. The molecular formula is C51H62BF12NO3. The van der Waals surface area contributed by atoms with Crippen molar-refractivity contribution in [1.29, 1.82) is 0 Å². The Balaban J connectivity index is 0.00000121. The lowest BCUT2D eigenvalue weighted by molar-refractivity contribution is -0.951. The Morgan fingerprint density at radius 2 is 0.794 bits per heavy atom. The zero-order valence-electron chi connectivity index (χ0n) is 39.0. The Kier molecular flexibility index (Phi) is 25.3. The van der Waals surface area contributed by atoms with Crippen LogP contribution in [0, 0.1) is 75.9 Å². The van der Waals surface area contributed by atoms with Crippen LogP contribution in [0.4, 0.5) is 52.7 Å². The van der Waals surface area contributed by atoms with Gasteiger partial charge in [0.15, 0.2) is 52.4 Å². The molecule has 0 saturated carbocycles. The SMILES string of the molecule is C=CC(c1c(OB(Oc2cc(F)c(F)c(F)c2)Oc2cc(F)c(F)c(F)c2)cc(F)c(F)c1F)[N+](CCCCCCCC)(CCCCCCCC)CCCCCCCC.Fc1c[c-]cc(F)c1F. The van der Waals surface area contributed by atoms with E-state index in [1.165, 1.54) is 6.08 Å². The second-order valence-corrected chi connectivity index (χ2v) is 16.8. The number of benzene rings is 4. The van der Waals surface area contributed by atoms with Gasteiger partial charge in [0.2, 0.25) is 0 Å². The second-order valence-electron chi connectivity index (χ2n) is 16.8. The predicted molar refractivity (Wildman–Crippen MR) is 240 cm³/mol. The van der Waals surface area contributed by atoms with Crippen LogP contribution in [0.15, 0.2) is 55.1 Å². The third kappa shape index (κ3) is 17.6. The van der Waals surface area contributed by atoms with E-state index in [1.807, 2.05) is 0 Å². The number of halogens is 12. The molecule has 0 bridgehead atoms. The van der Waals surface area contributed by atoms with E-state index in [-0.39, 0.29) is 4.48 Å². The third-order valence-corrected chi connectivity index (χ3v) is 11.6. The number of quaternary nitrogens is 1. The quantitative estimate of drug-likeness (QED) is 0.00991. The second kappa shape index (κ2) is 30.0. The molecule has 0 aliphatic heterocycles. The van der Waals surface area contributed by atoms with E-state index in [0.29, 0.717) is 50.0 Å². The molecule has 0 aliphatic carbocycles. The van der Waals surface area contributed by atoms with Gasteiger partial charge >= 0.3 is 7.32 Å². The van der Waals surface area contributed by atoms with Gasteiger partial charge in [0, 0.05) is 42.0 Å². The Morgan fingerprint density at radius 1 is 0.456 bits per heavy atom. The zero-order valence-corrected chi connectivity index (χ0v) is 39.0. The smallest absolute Gasteiger partial charge is 0.489 e. The van der Waals surface area contributed by atoms with Gasteiger partial charge in [-0.15, -0.1) is 12.1 Å². The van der Waals surface area contributed by atoms with Crippen LogP contribution in [-0.4, -0.2) is 31.4 Å². The van der Waals surface area contributed by atoms with Crippen LogP contribution in [0.1, 0.15) is 148 Å². The van der Waals surface area contributed by atoms with Crippen molar-refractivity contribution in [3.05, 3.63) is 137 Å². The van der Waals surface area contributed by atoms with E-state index in [2.05, 4.69) is 33.4 Å². The summed E-state index contributed by atoms with van der Waals surface area (Å²) in [5.74, 6) is -21.6. The standard InChI is InChI=1S/C45H60BF9NO3.C6H2F3/c1-5-9-12-15-18-21-24-56(25-22-19-16-13-10-6-2,26-23-20-17-14-11-7-3)39(8-4)41-40(31-38(51)44(54)45(41)55)59-46(57-32-27-34(47)42(52)35(48)28-32)58-33-29-36(49)43(53)37(50)30-33;7-4-2-1-3-5(8)6(4)9/h8,27-31,39H,4-7,9-26H2,1-3H3;2-3H/q+1;-1. The fourth-order valence-corrected chi connectivity index (χ4v) is 7.98. The molecule has 1 unspecified atom stereocenters. The van der Waals surface area contributed by atoms with Crippen LogP contribution in [-0.2, 0) is 0 Å². The first kappa shape index (κ1) is 57.5. The Labute approximate surface area is 393 Å². The van der Waals surface area contributed by atoms with Crippen molar-refractivity contribution in [1.82, 2.24) is 0 Å². The predicted octanol–water partition coefficient (Wildman–Crippen LogP) is 16.5. The molecule has 4 aromatic rings. The number of nitrogens with zero attached hydrogens (tertiary/aromatic N) is 1. The summed E-state index contributed by atoms with van der Waals surface area (Å²) < 4.78 is 185. The number of hydrogen-bond donors (Lipinski definition) is 0. The molecule has 68 heavy (non-hydrogen) atoms. The highest BCUT2D eigenvalue weighted by atomic mass is 19.2. The van der Waals surface area contributed by atoms with Crippen molar-refractivity contribution < 1.29 is 71.1 Å². The maximum Gasteiger partial charge on any atom is 0.864 e. The Bertz CT molecular complexity index is 2000. The number of hydrogen-bond acceptors (Lipinski definition) is 3. The van der Waals surface area contributed by atoms with Crippen molar-refractivity contribution in [2.45, 2.75) is 142 Å². The summed E-state index contributed by atoms with van der Waals surface area (Å²) in [6, 6.07) is 4.70. The summed E-state index contributed by atoms with van der Waals surface area (Å²) in [4.78, 5) is 0. The van der Waals surface area contributed by atoms with Gasteiger partial charge in [-0.25, -0.2) is 43.9 Å². The molecule has 0 aromatic heterocycles. The molecule has 4 aromatic carbocycles. The lowest BCUT2D eigenvalue weighted by atomic mass is 9.95. The molecule has 0 fully saturated rings. The minimum atomic E-state index is -2.37. The van der Waals surface area contributed by atoms with E-state index < -0.39 is 106 Å². The van der Waals surface area contributed by atoms with Crippen LogP contribution >= 0.6 is 0 Å². The molecule has 0 N–H and O–H groups in total. The normalized spacial score (nSPS) is 11.8. The van der Waals surface area contributed by atoms with Crippen molar-refractivity contribution in [2.75, 3.05) is 19.6 Å². The molecule has 376 valence electrons. The number of unbranched alkanes of at least 4 members (excludes halogenated alkanes) is 15. The lowest BCUT2D eigenvalue weighted by Crippen LogP contribution is -2.52. The minimum absolute atomic E-state index is 0.229. The molecular weight excluding hydrogens is 913 g/mol. The summed E-state index contributed by atoms with van der Waals surface area (Å²) >= 11 is 0. The van der Waals surface area contributed by atoms with E-state index >= 15 is 13.2 Å². The first-order chi connectivity index (χ1) is 32.5. The molecule has 0 saturated heterocycles. The lowest BCUT2D eigenvalue weighted by Gasteiger charge is -2.45. The van der Waals surface area contributed by atoms with Crippen LogP contribution in [0.2, 0.25) is 0 Å². The van der Waals surface area contributed by atoms with Crippen LogP contribution in [0.25, 0.3) is 0 Å². The van der Waals surface area contributed by atoms with Gasteiger partial charge in [-0.05, 0) is 44.6 Å². The highest BCUT2D eigenvalue weighted by molar-refractivity contribution is 6.39. The summed E-state index contributed by atoms with van der Waals surface area (Å²) in [5.41, 5.74) is -0.452. The first-order valence-corrected chi connectivity index (χ1v) is 23.5. The van der Waals surface area contributed by atoms with Gasteiger partial charge < -0.3 is 18.4 Å². The number of rotatable bonds is 30. The average molecular weight is 976 g/mol. The van der Waals surface area contributed by atoms with Crippen molar-refractivity contribution in [3.63, 3.8) is 0 Å². The van der Waals surface area contributed by atoms with E-state index in [1.54, 1.807) is 0 Å². The molecule has 0 heterocycles. The summed E-state index contributed by atoms with van der Waals surface area (Å²) in [6.07, 6.45) is 19.0. The molecule has 4 rings (SSSR count). The van der Waals surface area contributed by atoms with E-state index in [4.69, 9.17) is 14.0 Å². The van der Waals surface area contributed by atoms with Gasteiger partial charge in [-0.2, -0.15) is 6.07 Å². The third-order valence-electron chi connectivity index (χ3n) is 11.6. The molecule has 0 radical (unpaired) electrons. The van der Waals surface area contributed by atoms with Gasteiger partial charge in [-0.3, -0.25) is 8.78 Å². The summed E-state index contributed by atoms with van der Waals surface area (Å²) in [6.45, 7) is 12.1. The Hall–Kier alpha value is -4.80. The molecule has 17 heteroatoms. The molecule has 0 aliphatic rings. The largest absolute Gasteiger partial charge is 0.864 e. The summed E-state index contributed by atoms with van der Waals surface area (Å²) in [5, 5.41) is 0. The molecule has 1 atom stereocenters. The van der Waals surface area contributed by atoms with Gasteiger partial charge in [-0.1, -0.05) is 104 Å². The average Bonchev–Trinajstić information content (AvgIpc) is 3.30.